The summed E-state index contributed by atoms with van der Waals surface area (Å²) < 4.78 is 30.5. The number of furan rings is 1. The van der Waals surface area contributed by atoms with E-state index in [1.54, 1.807) is 18.2 Å². The van der Waals surface area contributed by atoms with Crippen molar-refractivity contribution in [2.45, 2.75) is 32.1 Å². The Kier molecular flexibility index (Phi) is 15.8. The molecule has 3 aromatic rings. The topological polar surface area (TPSA) is 171 Å². The first-order chi connectivity index (χ1) is 15.4. The molecule has 1 aromatic heterocycles. The van der Waals surface area contributed by atoms with Gasteiger partial charge in [-0.25, -0.2) is 8.42 Å². The Bertz CT molecular complexity index is 1180. The van der Waals surface area contributed by atoms with Gasteiger partial charge in [0.05, 0.1) is 4.90 Å². The van der Waals surface area contributed by atoms with Gasteiger partial charge in [-0.2, -0.15) is 0 Å². The van der Waals surface area contributed by atoms with Crippen molar-refractivity contribution in [1.29, 1.82) is 0 Å². The van der Waals surface area contributed by atoms with Crippen molar-refractivity contribution in [3.8, 4) is 22.5 Å². The molecule has 8 N–H and O–H groups in total. The standard InChI is InChI=1S/C20H19ClO3S.2CH3NOS.CH4.H2O/c1-3-6-16-13-18(14-9-11-15(21)12-10-14)20(24-16)17-7-4-5-8-19(17)25(2,22)23;2*2-1(3)4;;/h4-5,7-13H,3,6H2,1-2H3;2*(H3,2,3,4);1H4;1H2. The number of hydrogen-bond donors (Lipinski definition) is 4. The van der Waals surface area contributed by atoms with Crippen LogP contribution in [0.5, 0.6) is 0 Å². The van der Waals surface area contributed by atoms with Gasteiger partial charge in [0.25, 0.3) is 10.3 Å². The van der Waals surface area contributed by atoms with Gasteiger partial charge in [-0.3, -0.25) is 0 Å². The number of benzene rings is 2. The number of thiocarbonyl (C=S) groups is 2. The molecule has 0 bridgehead atoms. The minimum atomic E-state index is -3.37. The molecule has 0 spiro atoms. The number of hydrogen-bond acceptors (Lipinski definition) is 5. The van der Waals surface area contributed by atoms with Gasteiger partial charge in [0.2, 0.25) is 0 Å². The number of aryl methyl sites for hydroxylation is 1. The number of rotatable bonds is 5. The summed E-state index contributed by atoms with van der Waals surface area (Å²) in [6, 6.07) is 16.4. The average Bonchev–Trinajstić information content (AvgIpc) is 3.11. The van der Waals surface area contributed by atoms with Crippen LogP contribution in [0.2, 0.25) is 5.02 Å². The molecule has 8 nitrogen and oxygen atoms in total. The van der Waals surface area contributed by atoms with Crippen molar-refractivity contribution in [3.63, 3.8) is 0 Å². The fraction of sp³-hybridized carbons (Fsp3) is 0.217. The first-order valence-corrected chi connectivity index (χ1v) is 12.6. The largest absolute Gasteiger partial charge is 0.487 e. The van der Waals surface area contributed by atoms with Crippen molar-refractivity contribution >= 4 is 56.2 Å². The quantitative estimate of drug-likeness (QED) is 0.312. The van der Waals surface area contributed by atoms with E-state index in [9.17, 15) is 8.42 Å². The lowest BCUT2D eigenvalue weighted by Crippen LogP contribution is -2.03. The molecule has 3 rings (SSSR count). The second kappa shape index (κ2) is 16.1. The Morgan fingerprint density at radius 3 is 1.94 bits per heavy atom. The van der Waals surface area contributed by atoms with Crippen LogP contribution in [0.3, 0.4) is 0 Å². The molecule has 0 radical (unpaired) electrons. The zero-order valence-electron chi connectivity index (χ0n) is 18.5. The van der Waals surface area contributed by atoms with E-state index in [4.69, 9.17) is 26.2 Å². The molecular weight excluding hydrogens is 532 g/mol. The Balaban J connectivity index is 0. The van der Waals surface area contributed by atoms with Gasteiger partial charge in [0.15, 0.2) is 9.84 Å². The smallest absolute Gasteiger partial charge is 0.251 e. The molecule has 12 heteroatoms. The number of nitrogens with two attached hydrogens (primary N) is 2. The van der Waals surface area contributed by atoms with Gasteiger partial charge in [-0.15, -0.1) is 0 Å². The fourth-order valence-electron chi connectivity index (χ4n) is 2.83. The van der Waals surface area contributed by atoms with Crippen LogP contribution in [-0.4, -0.2) is 40.7 Å². The molecule has 0 saturated carbocycles. The molecule has 0 aliphatic carbocycles. The highest BCUT2D eigenvalue weighted by Crippen LogP contribution is 2.38. The highest BCUT2D eigenvalue weighted by atomic mass is 35.5. The van der Waals surface area contributed by atoms with E-state index in [2.05, 4.69) is 42.8 Å². The Morgan fingerprint density at radius 2 is 1.49 bits per heavy atom. The summed E-state index contributed by atoms with van der Waals surface area (Å²) in [5, 5.41) is 14.8. The first kappa shape index (κ1) is 34.5. The third kappa shape index (κ3) is 12.0. The van der Waals surface area contributed by atoms with Crippen LogP contribution >= 0.6 is 36.0 Å². The molecule has 0 amide bonds. The molecule has 2 aromatic carbocycles. The summed E-state index contributed by atoms with van der Waals surface area (Å²) >= 11 is 13.7. The summed E-state index contributed by atoms with van der Waals surface area (Å²) in [5.41, 5.74) is 11.2. The third-order valence-corrected chi connectivity index (χ3v) is 5.37. The maximum absolute atomic E-state index is 12.2. The second-order valence-corrected chi connectivity index (χ2v) is 9.91. The van der Waals surface area contributed by atoms with Gasteiger partial charge in [0, 0.05) is 28.8 Å². The van der Waals surface area contributed by atoms with Gasteiger partial charge in [-0.1, -0.05) is 50.2 Å². The van der Waals surface area contributed by atoms with Crippen molar-refractivity contribution in [2.24, 2.45) is 11.5 Å². The maximum atomic E-state index is 12.2. The highest BCUT2D eigenvalue weighted by Gasteiger charge is 2.21. The van der Waals surface area contributed by atoms with Crippen LogP contribution in [0.1, 0.15) is 26.5 Å². The first-order valence-electron chi connectivity index (χ1n) is 9.51. The third-order valence-electron chi connectivity index (χ3n) is 3.97. The monoisotopic (exact) mass is 562 g/mol. The number of halogens is 1. The predicted molar refractivity (Wildman–Crippen MR) is 151 cm³/mol. The number of aliphatic hydroxyl groups is 2. The minimum absolute atomic E-state index is 0. The van der Waals surface area contributed by atoms with Gasteiger partial charge >= 0.3 is 0 Å². The zero-order valence-corrected chi connectivity index (χ0v) is 21.7. The van der Waals surface area contributed by atoms with Crippen LogP contribution in [0, 0.1) is 0 Å². The molecule has 0 saturated heterocycles. The summed E-state index contributed by atoms with van der Waals surface area (Å²) in [6.45, 7) is 2.08. The SMILES string of the molecule is C.CCCc1cc(-c2ccc(Cl)cc2)c(-c2ccccc2S(C)(=O)=O)o1.NC(O)=S.NC(O)=S.O. The molecule has 0 aliphatic heterocycles. The van der Waals surface area contributed by atoms with E-state index in [0.717, 1.165) is 29.7 Å². The van der Waals surface area contributed by atoms with Crippen molar-refractivity contribution in [3.05, 3.63) is 65.4 Å². The van der Waals surface area contributed by atoms with Crippen LogP contribution in [0.25, 0.3) is 22.5 Å². The normalized spacial score (nSPS) is 9.69. The Hall–Kier alpha value is -2.70. The lowest BCUT2D eigenvalue weighted by Gasteiger charge is -2.08. The highest BCUT2D eigenvalue weighted by molar-refractivity contribution is 7.90. The Morgan fingerprint density at radius 1 is 1.00 bits per heavy atom. The number of aliphatic hydroxyl groups excluding tert-OH is 2. The molecule has 194 valence electrons. The van der Waals surface area contributed by atoms with Gasteiger partial charge in [0.1, 0.15) is 11.5 Å². The molecule has 35 heavy (non-hydrogen) atoms. The molecule has 0 unspecified atom stereocenters. The van der Waals surface area contributed by atoms with E-state index in [1.165, 1.54) is 6.26 Å². The van der Waals surface area contributed by atoms with Crippen molar-refractivity contribution in [1.82, 2.24) is 0 Å². The Labute approximate surface area is 221 Å². The minimum Gasteiger partial charge on any atom is -0.487 e. The summed E-state index contributed by atoms with van der Waals surface area (Å²) in [4.78, 5) is 0.266. The van der Waals surface area contributed by atoms with Crippen molar-refractivity contribution < 1.29 is 28.5 Å². The molecule has 0 fully saturated rings. The van der Waals surface area contributed by atoms with Gasteiger partial charge in [-0.05, 0) is 66.8 Å². The van der Waals surface area contributed by atoms with E-state index in [-0.39, 0.29) is 17.8 Å². The summed E-state index contributed by atoms with van der Waals surface area (Å²) in [5.74, 6) is 1.41. The number of sulfone groups is 1. The molecular formula is C23H31ClN2O6S3. The van der Waals surface area contributed by atoms with Crippen LogP contribution < -0.4 is 11.5 Å². The van der Waals surface area contributed by atoms with Crippen molar-refractivity contribution in [2.75, 3.05) is 6.26 Å². The van der Waals surface area contributed by atoms with E-state index < -0.39 is 20.2 Å². The fourth-order valence-corrected chi connectivity index (χ4v) is 3.85. The molecule has 1 heterocycles. The lowest BCUT2D eigenvalue weighted by molar-refractivity contribution is 0.518. The predicted octanol–water partition coefficient (Wildman–Crippen LogP) is 5.01. The van der Waals surface area contributed by atoms with Crippen LogP contribution in [0.4, 0.5) is 0 Å². The molecule has 0 atom stereocenters. The summed E-state index contributed by atoms with van der Waals surface area (Å²) in [7, 11) is -3.37. The second-order valence-electron chi connectivity index (χ2n) is 6.66. The van der Waals surface area contributed by atoms with E-state index >= 15 is 0 Å². The zero-order chi connectivity index (χ0) is 25.2. The van der Waals surface area contributed by atoms with Crippen LogP contribution in [0.15, 0.2) is 63.9 Å². The maximum Gasteiger partial charge on any atom is 0.251 e. The molecule has 0 aliphatic rings. The van der Waals surface area contributed by atoms with Crippen LogP contribution in [-0.2, 0) is 16.3 Å². The van der Waals surface area contributed by atoms with Gasteiger partial charge < -0.3 is 31.6 Å². The average molecular weight is 563 g/mol. The van der Waals surface area contributed by atoms with E-state index in [1.807, 2.05) is 36.4 Å². The van der Waals surface area contributed by atoms with E-state index in [0.29, 0.717) is 16.3 Å². The lowest BCUT2D eigenvalue weighted by atomic mass is 10.0. The summed E-state index contributed by atoms with van der Waals surface area (Å²) in [6.07, 6.45) is 2.95.